The highest BCUT2D eigenvalue weighted by molar-refractivity contribution is 5.79. The van der Waals surface area contributed by atoms with Gasteiger partial charge in [-0.3, -0.25) is 4.99 Å². The molecule has 0 aliphatic carbocycles. The standard InChI is InChI=1S/C17H19F2N3/c1-20-17(22-12-13-5-3-2-4-6-13)21-8-7-14-9-15(18)11-16(19)10-14/h2-6,9-11H,7-8,12H2,1H3,(H2,20,21,22). The van der Waals surface area contributed by atoms with Crippen LogP contribution in [0.1, 0.15) is 11.1 Å². The van der Waals surface area contributed by atoms with Crippen LogP contribution in [0.2, 0.25) is 0 Å². The third kappa shape index (κ3) is 5.16. The second-order valence-corrected chi connectivity index (χ2v) is 4.87. The SMILES string of the molecule is CN=C(NCCc1cc(F)cc(F)c1)NCc1ccccc1. The van der Waals surface area contributed by atoms with E-state index >= 15 is 0 Å². The minimum absolute atomic E-state index is 0.515. The highest BCUT2D eigenvalue weighted by atomic mass is 19.1. The monoisotopic (exact) mass is 303 g/mol. The van der Waals surface area contributed by atoms with Crippen LogP contribution in [-0.2, 0) is 13.0 Å². The summed E-state index contributed by atoms with van der Waals surface area (Å²) in [6.45, 7) is 1.20. The number of hydrogen-bond acceptors (Lipinski definition) is 1. The van der Waals surface area contributed by atoms with Crippen LogP contribution < -0.4 is 10.6 Å². The fraction of sp³-hybridized carbons (Fsp3) is 0.235. The Labute approximate surface area is 129 Å². The predicted molar refractivity (Wildman–Crippen MR) is 84.7 cm³/mol. The largest absolute Gasteiger partial charge is 0.356 e. The maximum absolute atomic E-state index is 13.1. The molecule has 0 atom stereocenters. The van der Waals surface area contributed by atoms with E-state index in [1.807, 2.05) is 30.3 Å². The minimum atomic E-state index is -0.554. The summed E-state index contributed by atoms with van der Waals surface area (Å²) in [4.78, 5) is 4.12. The van der Waals surface area contributed by atoms with Crippen LogP contribution in [0.25, 0.3) is 0 Å². The third-order valence-corrected chi connectivity index (χ3v) is 3.15. The Balaban J connectivity index is 1.79. The summed E-state index contributed by atoms with van der Waals surface area (Å²) >= 11 is 0. The van der Waals surface area contributed by atoms with E-state index in [1.54, 1.807) is 7.05 Å². The molecular formula is C17H19F2N3. The molecule has 0 radical (unpaired) electrons. The highest BCUT2D eigenvalue weighted by Gasteiger charge is 2.02. The molecule has 2 N–H and O–H groups in total. The van der Waals surface area contributed by atoms with E-state index in [9.17, 15) is 8.78 Å². The van der Waals surface area contributed by atoms with Crippen LogP contribution >= 0.6 is 0 Å². The van der Waals surface area contributed by atoms with Crippen molar-refractivity contribution in [3.05, 3.63) is 71.3 Å². The van der Waals surface area contributed by atoms with Gasteiger partial charge in [0.05, 0.1) is 0 Å². The lowest BCUT2D eigenvalue weighted by molar-refractivity contribution is 0.579. The zero-order chi connectivity index (χ0) is 15.8. The van der Waals surface area contributed by atoms with Gasteiger partial charge in [-0.25, -0.2) is 8.78 Å². The molecule has 0 fully saturated rings. The van der Waals surface area contributed by atoms with Gasteiger partial charge in [0.15, 0.2) is 5.96 Å². The van der Waals surface area contributed by atoms with Crippen molar-refractivity contribution in [1.29, 1.82) is 0 Å². The number of halogens is 2. The van der Waals surface area contributed by atoms with Crippen LogP contribution in [-0.4, -0.2) is 19.6 Å². The van der Waals surface area contributed by atoms with Crippen LogP contribution in [0.3, 0.4) is 0 Å². The maximum atomic E-state index is 13.1. The van der Waals surface area contributed by atoms with Gasteiger partial charge in [0.1, 0.15) is 11.6 Å². The molecule has 0 bridgehead atoms. The van der Waals surface area contributed by atoms with Crippen molar-refractivity contribution in [3.63, 3.8) is 0 Å². The van der Waals surface area contributed by atoms with Gasteiger partial charge in [-0.15, -0.1) is 0 Å². The molecule has 0 unspecified atom stereocenters. The topological polar surface area (TPSA) is 36.4 Å². The summed E-state index contributed by atoms with van der Waals surface area (Å²) < 4.78 is 26.2. The summed E-state index contributed by atoms with van der Waals surface area (Å²) in [6, 6.07) is 13.5. The summed E-state index contributed by atoms with van der Waals surface area (Å²) in [7, 11) is 1.68. The first-order chi connectivity index (χ1) is 10.7. The number of aliphatic imine (C=N–C) groups is 1. The predicted octanol–water partition coefficient (Wildman–Crippen LogP) is 2.87. The minimum Gasteiger partial charge on any atom is -0.356 e. The van der Waals surface area contributed by atoms with Crippen molar-refractivity contribution < 1.29 is 8.78 Å². The normalized spacial score (nSPS) is 11.3. The Morgan fingerprint density at radius 1 is 0.955 bits per heavy atom. The van der Waals surface area contributed by atoms with E-state index in [2.05, 4.69) is 15.6 Å². The molecule has 0 spiro atoms. The molecule has 0 aliphatic heterocycles. The number of guanidine groups is 1. The van der Waals surface area contributed by atoms with E-state index in [0.29, 0.717) is 31.0 Å². The average molecular weight is 303 g/mol. The molecule has 2 aromatic carbocycles. The van der Waals surface area contributed by atoms with Gasteiger partial charge in [-0.2, -0.15) is 0 Å². The van der Waals surface area contributed by atoms with Crippen molar-refractivity contribution >= 4 is 5.96 Å². The first kappa shape index (κ1) is 15.9. The van der Waals surface area contributed by atoms with Crippen molar-refractivity contribution in [2.24, 2.45) is 4.99 Å². The molecule has 0 aromatic heterocycles. The first-order valence-electron chi connectivity index (χ1n) is 7.11. The summed E-state index contributed by atoms with van der Waals surface area (Å²) in [5.41, 5.74) is 1.76. The second kappa shape index (κ2) is 8.12. The van der Waals surface area contributed by atoms with E-state index in [-0.39, 0.29) is 0 Å². The van der Waals surface area contributed by atoms with Crippen LogP contribution in [0.4, 0.5) is 8.78 Å². The Kier molecular flexibility index (Phi) is 5.89. The zero-order valence-corrected chi connectivity index (χ0v) is 12.4. The van der Waals surface area contributed by atoms with E-state index < -0.39 is 11.6 Å². The third-order valence-electron chi connectivity index (χ3n) is 3.15. The van der Waals surface area contributed by atoms with E-state index in [0.717, 1.165) is 11.6 Å². The van der Waals surface area contributed by atoms with Gasteiger partial charge in [-0.1, -0.05) is 30.3 Å². The van der Waals surface area contributed by atoms with Crippen molar-refractivity contribution in [2.75, 3.05) is 13.6 Å². The number of nitrogens with one attached hydrogen (secondary N) is 2. The van der Waals surface area contributed by atoms with Crippen LogP contribution in [0, 0.1) is 11.6 Å². The van der Waals surface area contributed by atoms with E-state index in [4.69, 9.17) is 0 Å². The van der Waals surface area contributed by atoms with Gasteiger partial charge in [-0.05, 0) is 29.7 Å². The van der Waals surface area contributed by atoms with Crippen LogP contribution in [0.5, 0.6) is 0 Å². The number of hydrogen-bond donors (Lipinski definition) is 2. The van der Waals surface area contributed by atoms with Crippen molar-refractivity contribution in [1.82, 2.24) is 10.6 Å². The lowest BCUT2D eigenvalue weighted by atomic mass is 10.1. The van der Waals surface area contributed by atoms with Crippen molar-refractivity contribution in [3.8, 4) is 0 Å². The maximum Gasteiger partial charge on any atom is 0.191 e. The molecule has 0 heterocycles. The highest BCUT2D eigenvalue weighted by Crippen LogP contribution is 2.08. The molecule has 0 saturated heterocycles. The molecule has 2 aromatic rings. The molecule has 0 amide bonds. The average Bonchev–Trinajstić information content (AvgIpc) is 2.50. The Morgan fingerprint density at radius 2 is 1.64 bits per heavy atom. The lowest BCUT2D eigenvalue weighted by Gasteiger charge is -2.12. The fourth-order valence-electron chi connectivity index (χ4n) is 2.08. The lowest BCUT2D eigenvalue weighted by Crippen LogP contribution is -2.37. The second-order valence-electron chi connectivity index (χ2n) is 4.87. The van der Waals surface area contributed by atoms with Crippen LogP contribution in [0.15, 0.2) is 53.5 Å². The summed E-state index contributed by atoms with van der Waals surface area (Å²) in [6.07, 6.45) is 0.515. The molecule has 0 saturated carbocycles. The zero-order valence-electron chi connectivity index (χ0n) is 12.4. The smallest absolute Gasteiger partial charge is 0.191 e. The molecule has 0 aliphatic rings. The van der Waals surface area contributed by atoms with Crippen molar-refractivity contribution in [2.45, 2.75) is 13.0 Å². The summed E-state index contributed by atoms with van der Waals surface area (Å²) in [5, 5.41) is 6.31. The van der Waals surface area contributed by atoms with Gasteiger partial charge in [0.25, 0.3) is 0 Å². The van der Waals surface area contributed by atoms with Gasteiger partial charge >= 0.3 is 0 Å². The molecule has 116 valence electrons. The van der Waals surface area contributed by atoms with Gasteiger partial charge in [0, 0.05) is 26.2 Å². The Hall–Kier alpha value is -2.43. The molecule has 22 heavy (non-hydrogen) atoms. The van der Waals surface area contributed by atoms with Gasteiger partial charge in [0.2, 0.25) is 0 Å². The number of benzene rings is 2. The Bertz CT molecular complexity index is 607. The Morgan fingerprint density at radius 3 is 2.27 bits per heavy atom. The summed E-state index contributed by atoms with van der Waals surface area (Å²) in [5.74, 6) is -0.455. The first-order valence-corrected chi connectivity index (χ1v) is 7.11. The quantitative estimate of drug-likeness (QED) is 0.658. The molecule has 3 nitrogen and oxygen atoms in total. The number of nitrogens with zero attached hydrogens (tertiary/aromatic N) is 1. The molecule has 2 rings (SSSR count). The fourth-order valence-corrected chi connectivity index (χ4v) is 2.08. The molecule has 5 heteroatoms. The van der Waals surface area contributed by atoms with Gasteiger partial charge < -0.3 is 10.6 Å². The number of rotatable bonds is 5. The van der Waals surface area contributed by atoms with E-state index in [1.165, 1.54) is 12.1 Å². The molecular weight excluding hydrogens is 284 g/mol.